The van der Waals surface area contributed by atoms with Crippen LogP contribution in [0.4, 0.5) is 4.79 Å². The molecule has 0 fully saturated rings. The minimum atomic E-state index is -1.09. The van der Waals surface area contributed by atoms with E-state index in [9.17, 15) is 9.59 Å². The number of thioether (sulfide) groups is 1. The highest BCUT2D eigenvalue weighted by molar-refractivity contribution is 7.98. The smallest absolute Gasteiger partial charge is 0.408 e. The van der Waals surface area contributed by atoms with E-state index >= 15 is 0 Å². The molecule has 22 heavy (non-hydrogen) atoms. The Hall–Kier alpha value is -1.76. The lowest BCUT2D eigenvalue weighted by Gasteiger charge is -2.21. The Balaban J connectivity index is 2.48. The van der Waals surface area contributed by atoms with E-state index in [0.29, 0.717) is 5.75 Å². The SMILES string of the molecule is Cc1cccc(CSCC(NC(=O)OC(C)(C)C)C(=O)O)n1. The number of rotatable bonds is 6. The van der Waals surface area contributed by atoms with Gasteiger partial charge in [0.2, 0.25) is 0 Å². The second-order valence-electron chi connectivity index (χ2n) is 5.82. The molecule has 0 spiro atoms. The van der Waals surface area contributed by atoms with Gasteiger partial charge in [-0.2, -0.15) is 11.8 Å². The summed E-state index contributed by atoms with van der Waals surface area (Å²) in [6, 6.07) is 4.70. The molecular formula is C15H22N2O4S. The largest absolute Gasteiger partial charge is 0.480 e. The molecule has 6 nitrogen and oxygen atoms in total. The van der Waals surface area contributed by atoms with Gasteiger partial charge in [-0.15, -0.1) is 0 Å². The zero-order valence-electron chi connectivity index (χ0n) is 13.3. The van der Waals surface area contributed by atoms with Gasteiger partial charge in [-0.1, -0.05) is 6.07 Å². The first-order valence-corrected chi connectivity index (χ1v) is 8.05. The van der Waals surface area contributed by atoms with Crippen LogP contribution in [-0.2, 0) is 15.3 Å². The molecule has 1 aromatic heterocycles. The quantitative estimate of drug-likeness (QED) is 0.835. The third-order valence-corrected chi connectivity index (χ3v) is 3.54. The third kappa shape index (κ3) is 7.31. The van der Waals surface area contributed by atoms with Crippen LogP contribution in [0.3, 0.4) is 0 Å². The van der Waals surface area contributed by atoms with Crippen LogP contribution in [-0.4, -0.2) is 39.5 Å². The number of nitrogens with one attached hydrogen (secondary N) is 1. The molecule has 2 N–H and O–H groups in total. The number of carboxylic acid groups (broad SMARTS) is 1. The minimum absolute atomic E-state index is 0.240. The highest BCUT2D eigenvalue weighted by Crippen LogP contribution is 2.13. The summed E-state index contributed by atoms with van der Waals surface area (Å²) in [4.78, 5) is 27.2. The van der Waals surface area contributed by atoms with E-state index in [1.165, 1.54) is 11.8 Å². The summed E-state index contributed by atoms with van der Waals surface area (Å²) in [5, 5.41) is 11.5. The van der Waals surface area contributed by atoms with Crippen LogP contribution < -0.4 is 5.32 Å². The number of ether oxygens (including phenoxy) is 1. The highest BCUT2D eigenvalue weighted by atomic mass is 32.2. The number of hydrogen-bond donors (Lipinski definition) is 2. The Labute approximate surface area is 134 Å². The molecule has 0 aromatic carbocycles. The second-order valence-corrected chi connectivity index (χ2v) is 6.85. The molecular weight excluding hydrogens is 304 g/mol. The third-order valence-electron chi connectivity index (χ3n) is 2.47. The van der Waals surface area contributed by atoms with Gasteiger partial charge < -0.3 is 15.2 Å². The molecule has 0 radical (unpaired) electrons. The Morgan fingerprint density at radius 2 is 2.09 bits per heavy atom. The molecule has 0 aliphatic heterocycles. The lowest BCUT2D eigenvalue weighted by molar-refractivity contribution is -0.138. The monoisotopic (exact) mass is 326 g/mol. The van der Waals surface area contributed by atoms with Gasteiger partial charge in [0.25, 0.3) is 0 Å². The average molecular weight is 326 g/mol. The summed E-state index contributed by atoms with van der Waals surface area (Å²) in [5.74, 6) is -0.262. The molecule has 0 aliphatic rings. The number of aromatic nitrogens is 1. The van der Waals surface area contributed by atoms with Gasteiger partial charge in [0.15, 0.2) is 0 Å². The van der Waals surface area contributed by atoms with Gasteiger partial charge in [0.1, 0.15) is 11.6 Å². The predicted molar refractivity (Wildman–Crippen MR) is 85.9 cm³/mol. The summed E-state index contributed by atoms with van der Waals surface area (Å²) in [6.07, 6.45) is -0.728. The number of amides is 1. The first-order chi connectivity index (χ1) is 10.2. The zero-order valence-corrected chi connectivity index (χ0v) is 14.1. The number of carboxylic acids is 1. The molecule has 1 rings (SSSR count). The first kappa shape index (κ1) is 18.3. The van der Waals surface area contributed by atoms with Crippen molar-refractivity contribution in [3.05, 3.63) is 29.6 Å². The number of carbonyl (C=O) groups is 2. The van der Waals surface area contributed by atoms with E-state index in [-0.39, 0.29) is 5.75 Å². The molecule has 1 atom stereocenters. The van der Waals surface area contributed by atoms with E-state index in [1.807, 2.05) is 25.1 Å². The number of carbonyl (C=O) groups excluding carboxylic acids is 1. The molecule has 0 saturated heterocycles. The zero-order chi connectivity index (χ0) is 16.8. The second kappa shape index (κ2) is 8.03. The fourth-order valence-electron chi connectivity index (χ4n) is 1.59. The number of aliphatic carboxylic acids is 1. The topological polar surface area (TPSA) is 88.5 Å². The molecule has 7 heteroatoms. The van der Waals surface area contributed by atoms with Gasteiger partial charge >= 0.3 is 12.1 Å². The van der Waals surface area contributed by atoms with Crippen molar-refractivity contribution in [1.29, 1.82) is 0 Å². The number of pyridine rings is 1. The van der Waals surface area contributed by atoms with Crippen molar-refractivity contribution >= 4 is 23.8 Å². The Morgan fingerprint density at radius 3 is 2.64 bits per heavy atom. The highest BCUT2D eigenvalue weighted by Gasteiger charge is 2.23. The first-order valence-electron chi connectivity index (χ1n) is 6.90. The molecule has 0 bridgehead atoms. The lowest BCUT2D eigenvalue weighted by Crippen LogP contribution is -2.44. The lowest BCUT2D eigenvalue weighted by atomic mass is 10.2. The minimum Gasteiger partial charge on any atom is -0.480 e. The van der Waals surface area contributed by atoms with Crippen molar-refractivity contribution in [3.63, 3.8) is 0 Å². The molecule has 0 aliphatic carbocycles. The van der Waals surface area contributed by atoms with E-state index in [0.717, 1.165) is 11.4 Å². The molecule has 1 amide bonds. The summed E-state index contributed by atoms with van der Waals surface area (Å²) in [6.45, 7) is 7.07. The van der Waals surface area contributed by atoms with Crippen LogP contribution >= 0.6 is 11.8 Å². The molecule has 1 unspecified atom stereocenters. The number of hydrogen-bond acceptors (Lipinski definition) is 5. The molecule has 1 aromatic rings. The molecule has 0 saturated carbocycles. The fourth-order valence-corrected chi connectivity index (χ4v) is 2.54. The van der Waals surface area contributed by atoms with Crippen molar-refractivity contribution in [2.24, 2.45) is 0 Å². The maximum atomic E-state index is 11.6. The Morgan fingerprint density at radius 1 is 1.41 bits per heavy atom. The normalized spacial score (nSPS) is 12.5. The van der Waals surface area contributed by atoms with Crippen LogP contribution in [0.2, 0.25) is 0 Å². The summed E-state index contributed by atoms with van der Waals surface area (Å²) in [7, 11) is 0. The molecule has 122 valence electrons. The average Bonchev–Trinajstić information content (AvgIpc) is 2.35. The number of alkyl carbamates (subject to hydrolysis) is 1. The number of nitrogens with zero attached hydrogens (tertiary/aromatic N) is 1. The predicted octanol–water partition coefficient (Wildman–Crippen LogP) is 2.60. The number of aryl methyl sites for hydroxylation is 1. The van der Waals surface area contributed by atoms with Crippen LogP contribution in [0, 0.1) is 6.92 Å². The van der Waals surface area contributed by atoms with E-state index in [2.05, 4.69) is 10.3 Å². The van der Waals surface area contributed by atoms with Crippen LogP contribution in [0.1, 0.15) is 32.2 Å². The van der Waals surface area contributed by atoms with E-state index in [4.69, 9.17) is 9.84 Å². The van der Waals surface area contributed by atoms with Gasteiger partial charge in [-0.05, 0) is 39.8 Å². The van der Waals surface area contributed by atoms with E-state index < -0.39 is 23.7 Å². The summed E-state index contributed by atoms with van der Waals surface area (Å²) >= 11 is 1.40. The van der Waals surface area contributed by atoms with Crippen molar-refractivity contribution in [2.45, 2.75) is 45.1 Å². The maximum Gasteiger partial charge on any atom is 0.408 e. The maximum absolute atomic E-state index is 11.6. The molecule has 1 heterocycles. The van der Waals surface area contributed by atoms with Crippen molar-refractivity contribution < 1.29 is 19.4 Å². The van der Waals surface area contributed by atoms with Gasteiger partial charge in [-0.25, -0.2) is 9.59 Å². The van der Waals surface area contributed by atoms with Gasteiger partial charge in [0, 0.05) is 17.2 Å². The summed E-state index contributed by atoms with van der Waals surface area (Å²) in [5.41, 5.74) is 1.14. The van der Waals surface area contributed by atoms with Gasteiger partial charge in [0.05, 0.1) is 5.69 Å². The standard InChI is InChI=1S/C15H22N2O4S/c1-10-6-5-7-11(16-10)8-22-9-12(13(18)19)17-14(20)21-15(2,3)4/h5-7,12H,8-9H2,1-4H3,(H,17,20)(H,18,19). The van der Waals surface area contributed by atoms with Crippen molar-refractivity contribution in [2.75, 3.05) is 5.75 Å². The van der Waals surface area contributed by atoms with Gasteiger partial charge in [-0.3, -0.25) is 4.98 Å². The fraction of sp³-hybridized carbons (Fsp3) is 0.533. The Bertz CT molecular complexity index is 529. The summed E-state index contributed by atoms with van der Waals surface area (Å²) < 4.78 is 5.06. The van der Waals surface area contributed by atoms with Crippen LogP contribution in [0.25, 0.3) is 0 Å². The van der Waals surface area contributed by atoms with Crippen LogP contribution in [0.15, 0.2) is 18.2 Å². The Kier molecular flexibility index (Phi) is 6.67. The van der Waals surface area contributed by atoms with Crippen LogP contribution in [0.5, 0.6) is 0 Å². The van der Waals surface area contributed by atoms with E-state index in [1.54, 1.807) is 20.8 Å². The van der Waals surface area contributed by atoms with Crippen molar-refractivity contribution in [3.8, 4) is 0 Å². The van der Waals surface area contributed by atoms with Crippen molar-refractivity contribution in [1.82, 2.24) is 10.3 Å².